The molecule has 2 aromatic heterocycles. The maximum absolute atomic E-state index is 9.94. The van der Waals surface area contributed by atoms with Gasteiger partial charge in [0.05, 0.1) is 23.9 Å². The van der Waals surface area contributed by atoms with Crippen molar-refractivity contribution in [3.05, 3.63) is 59.8 Å². The Bertz CT molecular complexity index is 1240. The number of phenols is 1. The number of aromatic hydroxyl groups is 1. The van der Waals surface area contributed by atoms with Crippen molar-refractivity contribution in [2.45, 2.75) is 6.92 Å². The Hall–Kier alpha value is -4.05. The number of ether oxygens (including phenoxy) is 1. The van der Waals surface area contributed by atoms with Crippen molar-refractivity contribution in [3.63, 3.8) is 0 Å². The number of hydrogen-bond acceptors (Lipinski definition) is 6. The zero-order chi connectivity index (χ0) is 19.8. The largest absolute Gasteiger partial charge is 0.504 e. The SMILES string of the molecule is COc1cc(-c2c(C#N)c(N)nc3c2c(C)nn3-c2ccccc2)ccc1O. The van der Waals surface area contributed by atoms with Gasteiger partial charge in [0.1, 0.15) is 17.5 Å². The molecule has 0 saturated carbocycles. The fraction of sp³-hybridized carbons (Fsp3) is 0.0952. The number of nitrogens with zero attached hydrogens (tertiary/aromatic N) is 4. The molecule has 0 amide bonds. The predicted molar refractivity (Wildman–Crippen MR) is 106 cm³/mol. The molecule has 0 aliphatic carbocycles. The van der Waals surface area contributed by atoms with Gasteiger partial charge in [-0.3, -0.25) is 0 Å². The van der Waals surface area contributed by atoms with Gasteiger partial charge in [-0.25, -0.2) is 9.67 Å². The molecule has 0 atom stereocenters. The number of para-hydroxylation sites is 1. The quantitative estimate of drug-likeness (QED) is 0.570. The number of hydrogen-bond donors (Lipinski definition) is 2. The summed E-state index contributed by atoms with van der Waals surface area (Å²) < 4.78 is 6.94. The Morgan fingerprint density at radius 2 is 1.93 bits per heavy atom. The van der Waals surface area contributed by atoms with Crippen LogP contribution in [0.4, 0.5) is 5.82 Å². The second kappa shape index (κ2) is 6.59. The second-order valence-electron chi connectivity index (χ2n) is 6.28. The van der Waals surface area contributed by atoms with Crippen molar-refractivity contribution in [2.75, 3.05) is 12.8 Å². The average Bonchev–Trinajstić information content (AvgIpc) is 3.04. The minimum atomic E-state index is 0.0136. The minimum Gasteiger partial charge on any atom is -0.504 e. The molecule has 2 aromatic carbocycles. The Labute approximate surface area is 161 Å². The number of rotatable bonds is 3. The summed E-state index contributed by atoms with van der Waals surface area (Å²) in [4.78, 5) is 4.47. The molecule has 4 aromatic rings. The van der Waals surface area contributed by atoms with Crippen LogP contribution in [-0.2, 0) is 0 Å². The van der Waals surface area contributed by atoms with Crippen LogP contribution in [0, 0.1) is 18.3 Å². The van der Waals surface area contributed by atoms with Crippen LogP contribution in [0.15, 0.2) is 48.5 Å². The van der Waals surface area contributed by atoms with E-state index in [2.05, 4.69) is 16.2 Å². The standard InChI is InChI=1S/C21H17N5O2/c1-12-18-19(13-8-9-16(27)17(10-13)28-2)15(11-22)20(23)24-21(18)26(25-12)14-6-4-3-5-7-14/h3-10,27H,1-2H3,(H2,23,24). The summed E-state index contributed by atoms with van der Waals surface area (Å²) in [5.74, 6) is 0.437. The molecule has 0 radical (unpaired) electrons. The lowest BCUT2D eigenvalue weighted by Crippen LogP contribution is -2.02. The highest BCUT2D eigenvalue weighted by atomic mass is 16.5. The Kier molecular flexibility index (Phi) is 4.09. The van der Waals surface area contributed by atoms with E-state index in [1.807, 2.05) is 37.3 Å². The van der Waals surface area contributed by atoms with Gasteiger partial charge in [-0.05, 0) is 36.8 Å². The van der Waals surface area contributed by atoms with Crippen molar-refractivity contribution in [3.8, 4) is 34.4 Å². The molecule has 0 fully saturated rings. The van der Waals surface area contributed by atoms with Gasteiger partial charge in [0.2, 0.25) is 0 Å². The molecule has 3 N–H and O–H groups in total. The summed E-state index contributed by atoms with van der Waals surface area (Å²) in [6.45, 7) is 1.86. The highest BCUT2D eigenvalue weighted by molar-refractivity contribution is 6.00. The maximum atomic E-state index is 9.94. The van der Waals surface area contributed by atoms with Gasteiger partial charge < -0.3 is 15.6 Å². The van der Waals surface area contributed by atoms with Crippen molar-refractivity contribution in [1.82, 2.24) is 14.8 Å². The van der Waals surface area contributed by atoms with Crippen molar-refractivity contribution in [1.29, 1.82) is 5.26 Å². The van der Waals surface area contributed by atoms with Gasteiger partial charge in [0, 0.05) is 5.56 Å². The molecule has 28 heavy (non-hydrogen) atoms. The Morgan fingerprint density at radius 3 is 2.61 bits per heavy atom. The van der Waals surface area contributed by atoms with Gasteiger partial charge in [0.25, 0.3) is 0 Å². The average molecular weight is 371 g/mol. The second-order valence-corrected chi connectivity index (χ2v) is 6.28. The Morgan fingerprint density at radius 1 is 1.18 bits per heavy atom. The van der Waals surface area contributed by atoms with E-state index in [9.17, 15) is 10.4 Å². The van der Waals surface area contributed by atoms with Gasteiger partial charge >= 0.3 is 0 Å². The smallest absolute Gasteiger partial charge is 0.166 e. The Balaban J connectivity index is 2.11. The van der Waals surface area contributed by atoms with Gasteiger partial charge in [-0.15, -0.1) is 0 Å². The first-order valence-electron chi connectivity index (χ1n) is 8.57. The molecule has 0 aliphatic heterocycles. The number of nitrogen functional groups attached to an aromatic ring is 1. The molecule has 0 spiro atoms. The van der Waals surface area contributed by atoms with Crippen LogP contribution in [0.1, 0.15) is 11.3 Å². The number of methoxy groups -OCH3 is 1. The van der Waals surface area contributed by atoms with E-state index >= 15 is 0 Å². The molecule has 0 saturated heterocycles. The van der Waals surface area contributed by atoms with Crippen molar-refractivity contribution < 1.29 is 9.84 Å². The van der Waals surface area contributed by atoms with Crippen molar-refractivity contribution in [2.24, 2.45) is 0 Å². The molecule has 138 valence electrons. The lowest BCUT2D eigenvalue weighted by Gasteiger charge is -2.12. The fourth-order valence-corrected chi connectivity index (χ4v) is 3.32. The van der Waals surface area contributed by atoms with Crippen LogP contribution in [-0.4, -0.2) is 27.0 Å². The van der Waals surface area contributed by atoms with Crippen LogP contribution in [0.25, 0.3) is 27.8 Å². The molecule has 0 aliphatic rings. The third-order valence-corrected chi connectivity index (χ3v) is 4.60. The first-order chi connectivity index (χ1) is 13.5. The number of nitrogens with two attached hydrogens (primary N) is 1. The van der Waals surface area contributed by atoms with Crippen molar-refractivity contribution >= 4 is 16.9 Å². The molecular weight excluding hydrogens is 354 g/mol. The van der Waals surface area contributed by atoms with Crippen LogP contribution in [0.3, 0.4) is 0 Å². The van der Waals surface area contributed by atoms with E-state index in [0.29, 0.717) is 28.2 Å². The summed E-state index contributed by atoms with van der Waals surface area (Å²) in [7, 11) is 1.47. The zero-order valence-electron chi connectivity index (χ0n) is 15.3. The van der Waals surface area contributed by atoms with Crippen LogP contribution in [0.2, 0.25) is 0 Å². The monoisotopic (exact) mass is 371 g/mol. The lowest BCUT2D eigenvalue weighted by molar-refractivity contribution is 0.373. The summed E-state index contributed by atoms with van der Waals surface area (Å²) in [6.07, 6.45) is 0. The molecule has 2 heterocycles. The molecule has 7 nitrogen and oxygen atoms in total. The highest BCUT2D eigenvalue weighted by Crippen LogP contribution is 2.39. The molecule has 0 bridgehead atoms. The first kappa shape index (κ1) is 17.4. The molecule has 0 unspecified atom stereocenters. The first-order valence-corrected chi connectivity index (χ1v) is 8.57. The molecular formula is C21H17N5O2. The topological polar surface area (TPSA) is 110 Å². The third kappa shape index (κ3) is 2.59. The van der Waals surface area contributed by atoms with Gasteiger partial charge in [-0.1, -0.05) is 24.3 Å². The van der Waals surface area contributed by atoms with Crippen LogP contribution >= 0.6 is 0 Å². The number of anilines is 1. The molecule has 7 heteroatoms. The summed E-state index contributed by atoms with van der Waals surface area (Å²) in [5.41, 5.74) is 9.80. The zero-order valence-corrected chi connectivity index (χ0v) is 15.3. The number of aromatic nitrogens is 3. The maximum Gasteiger partial charge on any atom is 0.166 e. The summed E-state index contributed by atoms with van der Waals surface area (Å²) >= 11 is 0. The van der Waals surface area contributed by atoms with Gasteiger partial charge in [0.15, 0.2) is 17.1 Å². The number of nitriles is 1. The summed E-state index contributed by atoms with van der Waals surface area (Å²) in [6, 6.07) is 16.7. The summed E-state index contributed by atoms with van der Waals surface area (Å²) in [5, 5.41) is 25.0. The third-order valence-electron chi connectivity index (χ3n) is 4.60. The van der Waals surface area contributed by atoms with E-state index < -0.39 is 0 Å². The highest BCUT2D eigenvalue weighted by Gasteiger charge is 2.22. The fourth-order valence-electron chi connectivity index (χ4n) is 3.32. The number of fused-ring (bicyclic) bond motifs is 1. The lowest BCUT2D eigenvalue weighted by atomic mass is 9.96. The van der Waals surface area contributed by atoms with Gasteiger partial charge in [-0.2, -0.15) is 10.4 Å². The number of phenolic OH excluding ortho intramolecular Hbond substituents is 1. The van der Waals surface area contributed by atoms with E-state index in [1.54, 1.807) is 16.8 Å². The number of benzene rings is 2. The molecule has 4 rings (SSSR count). The normalized spacial score (nSPS) is 10.8. The van der Waals surface area contributed by atoms with E-state index in [4.69, 9.17) is 10.5 Å². The van der Waals surface area contributed by atoms with Crippen LogP contribution in [0.5, 0.6) is 11.5 Å². The van der Waals surface area contributed by atoms with E-state index in [-0.39, 0.29) is 17.1 Å². The van der Waals surface area contributed by atoms with E-state index in [1.165, 1.54) is 13.2 Å². The minimum absolute atomic E-state index is 0.0136. The van der Waals surface area contributed by atoms with Crippen LogP contribution < -0.4 is 10.5 Å². The number of pyridine rings is 1. The van der Waals surface area contributed by atoms with E-state index in [0.717, 1.165) is 11.1 Å². The predicted octanol–water partition coefficient (Wildman–Crippen LogP) is 3.56. The number of aryl methyl sites for hydroxylation is 1.